The maximum atomic E-state index is 10.5. The van der Waals surface area contributed by atoms with Crippen LogP contribution in [0.3, 0.4) is 0 Å². The molecular formula is C16H27NO4. The summed E-state index contributed by atoms with van der Waals surface area (Å²) in [6.07, 6.45) is -0.614. The molecule has 0 radical (unpaired) electrons. The molecule has 0 aromatic heterocycles. The second-order valence-corrected chi connectivity index (χ2v) is 5.05. The molecule has 120 valence electrons. The number of methoxy groups -OCH3 is 3. The summed E-state index contributed by atoms with van der Waals surface area (Å²) in [5, 5.41) is 10.5. The number of rotatable bonds is 10. The van der Waals surface area contributed by atoms with Gasteiger partial charge in [-0.15, -0.1) is 0 Å². The summed E-state index contributed by atoms with van der Waals surface area (Å²) >= 11 is 0. The van der Waals surface area contributed by atoms with Crippen molar-refractivity contribution in [3.63, 3.8) is 0 Å². The predicted octanol–water partition coefficient (Wildman–Crippen LogP) is 1.71. The van der Waals surface area contributed by atoms with Gasteiger partial charge < -0.3 is 19.3 Å². The molecule has 2 atom stereocenters. The van der Waals surface area contributed by atoms with Gasteiger partial charge in [0.1, 0.15) is 5.75 Å². The molecule has 0 saturated heterocycles. The van der Waals surface area contributed by atoms with Gasteiger partial charge in [0.15, 0.2) is 0 Å². The molecule has 0 bridgehead atoms. The summed E-state index contributed by atoms with van der Waals surface area (Å²) in [4.78, 5) is 2.16. The fourth-order valence-corrected chi connectivity index (χ4v) is 2.31. The number of nitrogens with zero attached hydrogens (tertiary/aromatic N) is 1. The first-order valence-corrected chi connectivity index (χ1v) is 7.16. The van der Waals surface area contributed by atoms with Crippen molar-refractivity contribution in [1.29, 1.82) is 0 Å². The quantitative estimate of drug-likeness (QED) is 0.712. The highest BCUT2D eigenvalue weighted by Crippen LogP contribution is 2.25. The van der Waals surface area contributed by atoms with Crippen LogP contribution in [0.4, 0.5) is 0 Å². The first kappa shape index (κ1) is 17.9. The van der Waals surface area contributed by atoms with E-state index in [-0.39, 0.29) is 6.04 Å². The van der Waals surface area contributed by atoms with E-state index in [2.05, 4.69) is 11.8 Å². The van der Waals surface area contributed by atoms with Gasteiger partial charge in [0.25, 0.3) is 0 Å². The van der Waals surface area contributed by atoms with Crippen molar-refractivity contribution in [2.24, 2.45) is 0 Å². The van der Waals surface area contributed by atoms with E-state index >= 15 is 0 Å². The Balaban J connectivity index is 2.76. The van der Waals surface area contributed by atoms with Gasteiger partial charge in [0.2, 0.25) is 0 Å². The molecule has 1 aromatic carbocycles. The smallest absolute Gasteiger partial charge is 0.124 e. The van der Waals surface area contributed by atoms with Gasteiger partial charge in [-0.05, 0) is 13.0 Å². The van der Waals surface area contributed by atoms with Crippen LogP contribution in [0, 0.1) is 0 Å². The molecule has 21 heavy (non-hydrogen) atoms. The minimum Gasteiger partial charge on any atom is -0.496 e. The van der Waals surface area contributed by atoms with Crippen LogP contribution in [0.5, 0.6) is 5.75 Å². The van der Waals surface area contributed by atoms with Crippen LogP contribution in [-0.4, -0.2) is 63.7 Å². The third kappa shape index (κ3) is 5.63. The number of ether oxygens (including phenoxy) is 3. The van der Waals surface area contributed by atoms with Crippen molar-refractivity contribution >= 4 is 0 Å². The molecule has 0 aliphatic heterocycles. The van der Waals surface area contributed by atoms with E-state index in [1.165, 1.54) is 0 Å². The number of hydrogen-bond acceptors (Lipinski definition) is 5. The van der Waals surface area contributed by atoms with Gasteiger partial charge in [-0.25, -0.2) is 0 Å². The highest BCUT2D eigenvalue weighted by atomic mass is 16.5. The lowest BCUT2D eigenvalue weighted by Crippen LogP contribution is -2.41. The Morgan fingerprint density at radius 3 is 2.48 bits per heavy atom. The monoisotopic (exact) mass is 297 g/mol. The van der Waals surface area contributed by atoms with Crippen LogP contribution in [0.1, 0.15) is 18.6 Å². The minimum absolute atomic E-state index is 0.203. The maximum Gasteiger partial charge on any atom is 0.124 e. The van der Waals surface area contributed by atoms with E-state index in [1.54, 1.807) is 21.3 Å². The van der Waals surface area contributed by atoms with Gasteiger partial charge in [-0.2, -0.15) is 0 Å². The average molecular weight is 297 g/mol. The van der Waals surface area contributed by atoms with E-state index in [0.717, 1.165) is 12.1 Å². The molecule has 5 nitrogen and oxygen atoms in total. The van der Waals surface area contributed by atoms with Crippen LogP contribution in [0.15, 0.2) is 24.3 Å². The number of para-hydroxylation sites is 1. The van der Waals surface area contributed by atoms with Crippen LogP contribution in [0.25, 0.3) is 0 Å². The average Bonchev–Trinajstić information content (AvgIpc) is 2.51. The maximum absolute atomic E-state index is 10.5. The number of aliphatic hydroxyl groups is 1. The van der Waals surface area contributed by atoms with Crippen molar-refractivity contribution in [3.05, 3.63) is 29.8 Å². The van der Waals surface area contributed by atoms with Gasteiger partial charge in [0.05, 0.1) is 26.4 Å². The van der Waals surface area contributed by atoms with Crippen LogP contribution in [-0.2, 0) is 9.47 Å². The zero-order valence-corrected chi connectivity index (χ0v) is 13.4. The SMILES string of the molecule is COCCN(CC(O)c1ccccc1OC)C(C)COC. The molecule has 0 saturated carbocycles. The summed E-state index contributed by atoms with van der Waals surface area (Å²) in [5.74, 6) is 0.705. The van der Waals surface area contributed by atoms with E-state index in [0.29, 0.717) is 25.5 Å². The number of benzene rings is 1. The fourth-order valence-electron chi connectivity index (χ4n) is 2.31. The van der Waals surface area contributed by atoms with Crippen LogP contribution in [0.2, 0.25) is 0 Å². The Morgan fingerprint density at radius 1 is 1.14 bits per heavy atom. The Kier molecular flexibility index (Phi) is 8.30. The molecule has 0 aliphatic carbocycles. The van der Waals surface area contributed by atoms with Crippen LogP contribution < -0.4 is 4.74 Å². The lowest BCUT2D eigenvalue weighted by molar-refractivity contribution is 0.0379. The van der Waals surface area contributed by atoms with Crippen molar-refractivity contribution in [3.8, 4) is 5.75 Å². The molecule has 0 heterocycles. The number of aliphatic hydroxyl groups excluding tert-OH is 1. The molecule has 0 fully saturated rings. The Labute approximate surface area is 127 Å². The Morgan fingerprint density at radius 2 is 1.86 bits per heavy atom. The van der Waals surface area contributed by atoms with E-state index in [4.69, 9.17) is 14.2 Å². The van der Waals surface area contributed by atoms with Crippen molar-refractivity contribution in [1.82, 2.24) is 4.90 Å². The minimum atomic E-state index is -0.614. The summed E-state index contributed by atoms with van der Waals surface area (Å²) in [6.45, 7) is 4.56. The standard InChI is InChI=1S/C16H27NO4/c1-13(12-20-3)17(9-10-19-2)11-15(18)14-7-5-6-8-16(14)21-4/h5-8,13,15,18H,9-12H2,1-4H3. The summed E-state index contributed by atoms with van der Waals surface area (Å²) in [6, 6.07) is 7.74. The number of hydrogen-bond donors (Lipinski definition) is 1. The largest absolute Gasteiger partial charge is 0.496 e. The van der Waals surface area contributed by atoms with E-state index in [9.17, 15) is 5.11 Å². The third-order valence-electron chi connectivity index (χ3n) is 3.52. The topological polar surface area (TPSA) is 51.2 Å². The van der Waals surface area contributed by atoms with E-state index < -0.39 is 6.10 Å². The lowest BCUT2D eigenvalue weighted by atomic mass is 10.1. The molecule has 0 aliphatic rings. The van der Waals surface area contributed by atoms with Gasteiger partial charge in [0, 0.05) is 38.9 Å². The molecule has 1 N–H and O–H groups in total. The summed E-state index contributed by atoms with van der Waals surface area (Å²) < 4.78 is 15.7. The lowest BCUT2D eigenvalue weighted by Gasteiger charge is -2.30. The van der Waals surface area contributed by atoms with Crippen LogP contribution >= 0.6 is 0 Å². The molecule has 0 amide bonds. The Hall–Kier alpha value is -1.14. The Bertz CT molecular complexity index is 400. The van der Waals surface area contributed by atoms with Crippen molar-refractivity contribution < 1.29 is 19.3 Å². The summed E-state index contributed by atoms with van der Waals surface area (Å²) in [5.41, 5.74) is 0.798. The molecule has 2 unspecified atom stereocenters. The predicted molar refractivity (Wildman–Crippen MR) is 82.7 cm³/mol. The van der Waals surface area contributed by atoms with Gasteiger partial charge >= 0.3 is 0 Å². The molecule has 5 heteroatoms. The zero-order chi connectivity index (χ0) is 15.7. The van der Waals surface area contributed by atoms with Gasteiger partial charge in [-0.1, -0.05) is 18.2 Å². The highest BCUT2D eigenvalue weighted by Gasteiger charge is 2.20. The molecule has 0 spiro atoms. The molecular weight excluding hydrogens is 270 g/mol. The van der Waals surface area contributed by atoms with E-state index in [1.807, 2.05) is 24.3 Å². The first-order chi connectivity index (χ1) is 10.1. The second kappa shape index (κ2) is 9.73. The van der Waals surface area contributed by atoms with Crippen molar-refractivity contribution in [2.45, 2.75) is 19.1 Å². The normalized spacial score (nSPS) is 14.2. The fraction of sp³-hybridized carbons (Fsp3) is 0.625. The summed E-state index contributed by atoms with van der Waals surface area (Å²) in [7, 11) is 4.97. The van der Waals surface area contributed by atoms with Gasteiger partial charge in [-0.3, -0.25) is 4.90 Å². The molecule has 1 aromatic rings. The van der Waals surface area contributed by atoms with Crippen molar-refractivity contribution in [2.75, 3.05) is 47.6 Å². The molecule has 1 rings (SSSR count). The first-order valence-electron chi connectivity index (χ1n) is 7.16. The second-order valence-electron chi connectivity index (χ2n) is 5.05. The zero-order valence-electron chi connectivity index (χ0n) is 13.4. The highest BCUT2D eigenvalue weighted by molar-refractivity contribution is 5.35. The third-order valence-corrected chi connectivity index (χ3v) is 3.52.